The highest BCUT2D eigenvalue weighted by Gasteiger charge is 2.49. The van der Waals surface area contributed by atoms with E-state index in [-0.39, 0.29) is 0 Å². The van der Waals surface area contributed by atoms with Crippen molar-refractivity contribution in [2.45, 2.75) is 63.3 Å². The van der Waals surface area contributed by atoms with Gasteiger partial charge in [-0.05, 0) is 37.0 Å². The summed E-state index contributed by atoms with van der Waals surface area (Å²) in [7, 11) is -3.68. The minimum absolute atomic E-state index is 0.304. The molecule has 11 heteroatoms. The summed E-state index contributed by atoms with van der Waals surface area (Å²) in [4.78, 5) is 8.23. The lowest BCUT2D eigenvalue weighted by Crippen LogP contribution is -2.42. The summed E-state index contributed by atoms with van der Waals surface area (Å²) in [5.74, 6) is 1.89. The van der Waals surface area contributed by atoms with Crippen LogP contribution in [0.25, 0.3) is 11.0 Å². The Morgan fingerprint density at radius 3 is 2.66 bits per heavy atom. The zero-order valence-electron chi connectivity index (χ0n) is 21.9. The molecule has 3 aromatic heterocycles. The molecular formula is C27H33N7O3S. The Morgan fingerprint density at radius 2 is 2.03 bits per heavy atom. The van der Waals surface area contributed by atoms with Crippen molar-refractivity contribution in [1.82, 2.24) is 35.2 Å². The van der Waals surface area contributed by atoms with Gasteiger partial charge in [0.1, 0.15) is 23.7 Å². The van der Waals surface area contributed by atoms with Crippen LogP contribution < -0.4 is 0 Å². The van der Waals surface area contributed by atoms with Gasteiger partial charge in [0.25, 0.3) is 0 Å². The third-order valence-electron chi connectivity index (χ3n) is 7.03. The molecular weight excluding hydrogens is 502 g/mol. The number of hydrogen-bond acceptors (Lipinski definition) is 7. The normalized spacial score (nSPS) is 18.6. The van der Waals surface area contributed by atoms with Crippen LogP contribution in [-0.4, -0.2) is 49.8 Å². The lowest BCUT2D eigenvalue weighted by atomic mass is 9.79. The number of fused-ring (bicyclic) bond motifs is 1. The van der Waals surface area contributed by atoms with Crippen molar-refractivity contribution in [2.24, 2.45) is 0 Å². The van der Waals surface area contributed by atoms with Crippen LogP contribution in [0.4, 0.5) is 0 Å². The monoisotopic (exact) mass is 535 g/mol. The van der Waals surface area contributed by atoms with Crippen LogP contribution in [0.15, 0.2) is 60.5 Å². The van der Waals surface area contributed by atoms with E-state index in [0.29, 0.717) is 31.0 Å². The summed E-state index contributed by atoms with van der Waals surface area (Å²) in [6.07, 6.45) is 12.6. The number of allylic oxidation sites excluding steroid dienone is 3. The fraction of sp³-hybridized carbons (Fsp3) is 0.407. The Bertz CT molecular complexity index is 1550. The first-order valence-corrected chi connectivity index (χ1v) is 14.9. The lowest BCUT2D eigenvalue weighted by Gasteiger charge is -2.37. The predicted molar refractivity (Wildman–Crippen MR) is 145 cm³/mol. The molecule has 0 radical (unpaired) electrons. The van der Waals surface area contributed by atoms with Gasteiger partial charge in [0, 0.05) is 24.6 Å². The highest BCUT2D eigenvalue weighted by Crippen LogP contribution is 2.46. The number of hydrogen-bond donors (Lipinski definition) is 2. The summed E-state index contributed by atoms with van der Waals surface area (Å²) in [5.41, 5.74) is 2.42. The van der Waals surface area contributed by atoms with Crippen LogP contribution in [0.3, 0.4) is 0 Å². The fourth-order valence-electron chi connectivity index (χ4n) is 5.25. The van der Waals surface area contributed by atoms with Gasteiger partial charge in [0.05, 0.1) is 10.9 Å². The molecule has 0 spiro atoms. The van der Waals surface area contributed by atoms with Crippen molar-refractivity contribution in [3.63, 3.8) is 0 Å². The molecule has 0 bridgehead atoms. The van der Waals surface area contributed by atoms with E-state index in [1.165, 1.54) is 6.26 Å². The van der Waals surface area contributed by atoms with E-state index in [4.69, 9.17) is 9.72 Å². The molecule has 2 atom stereocenters. The van der Waals surface area contributed by atoms with Crippen LogP contribution in [0.2, 0.25) is 0 Å². The number of ether oxygens (including phenoxy) is 1. The van der Waals surface area contributed by atoms with E-state index >= 15 is 0 Å². The molecule has 0 aliphatic heterocycles. The van der Waals surface area contributed by atoms with Crippen LogP contribution in [-0.2, 0) is 39.4 Å². The predicted octanol–water partition coefficient (Wildman–Crippen LogP) is 4.32. The molecule has 200 valence electrons. The van der Waals surface area contributed by atoms with Gasteiger partial charge >= 0.3 is 0 Å². The third-order valence-corrected chi connectivity index (χ3v) is 8.49. The minimum Gasteiger partial charge on any atom is -0.489 e. The van der Waals surface area contributed by atoms with Crippen molar-refractivity contribution in [3.05, 3.63) is 83.4 Å². The number of sulfone groups is 1. The highest BCUT2D eigenvalue weighted by molar-refractivity contribution is 7.90. The molecule has 0 amide bonds. The SMILES string of the molecule is CCCCc1nc2c(CC)n(C(C3(c4nn[nH]n4)C=CC(OCc4ccccc4)=CC3)S(C)(=O)=O)cc2[nH]1. The number of unbranched alkanes of at least 4 members (excludes halogenated alkanes) is 1. The second-order valence-corrected chi connectivity index (χ2v) is 11.9. The maximum Gasteiger partial charge on any atom is 0.187 e. The van der Waals surface area contributed by atoms with Crippen LogP contribution in [0, 0.1) is 0 Å². The molecule has 4 aromatic rings. The standard InChI is InChI=1S/C27H33N7O3S/c1-4-6-12-23-28-21-17-34(22(5-2)24(21)29-23)26(38(3,35)36)27(25-30-32-33-31-25)15-13-20(14-16-27)37-18-19-10-8-7-9-11-19/h7-11,13-15,17,26H,4-6,12,16,18H2,1-3H3,(H,28,29)(H,30,31,32,33). The van der Waals surface area contributed by atoms with Crippen molar-refractivity contribution in [2.75, 3.05) is 6.26 Å². The van der Waals surface area contributed by atoms with Crippen molar-refractivity contribution >= 4 is 20.9 Å². The quantitative estimate of drug-likeness (QED) is 0.292. The van der Waals surface area contributed by atoms with E-state index in [0.717, 1.165) is 47.4 Å². The maximum atomic E-state index is 13.6. The average Bonchev–Trinajstić information content (AvgIpc) is 3.64. The molecule has 0 saturated carbocycles. The van der Waals surface area contributed by atoms with Gasteiger partial charge in [-0.25, -0.2) is 13.4 Å². The molecule has 1 aromatic carbocycles. The minimum atomic E-state index is -3.68. The first-order chi connectivity index (χ1) is 18.4. The lowest BCUT2D eigenvalue weighted by molar-refractivity contribution is 0.205. The summed E-state index contributed by atoms with van der Waals surface area (Å²) < 4.78 is 35.0. The zero-order chi connectivity index (χ0) is 26.8. The summed E-state index contributed by atoms with van der Waals surface area (Å²) in [5, 5.41) is 13.8. The molecule has 0 saturated heterocycles. The van der Waals surface area contributed by atoms with Gasteiger partial charge < -0.3 is 14.3 Å². The van der Waals surface area contributed by atoms with E-state index in [9.17, 15) is 8.42 Å². The first kappa shape index (κ1) is 25.9. The zero-order valence-corrected chi connectivity index (χ0v) is 22.7. The number of nitrogens with zero attached hydrogens (tertiary/aromatic N) is 5. The van der Waals surface area contributed by atoms with Crippen molar-refractivity contribution in [3.8, 4) is 0 Å². The Morgan fingerprint density at radius 1 is 1.21 bits per heavy atom. The number of benzene rings is 1. The highest BCUT2D eigenvalue weighted by atomic mass is 32.2. The summed E-state index contributed by atoms with van der Waals surface area (Å²) in [6.45, 7) is 4.57. The van der Waals surface area contributed by atoms with Gasteiger partial charge in [-0.2, -0.15) is 5.21 Å². The number of H-pyrrole nitrogens is 2. The van der Waals surface area contributed by atoms with Crippen molar-refractivity contribution < 1.29 is 13.2 Å². The molecule has 5 rings (SSSR count). The molecule has 10 nitrogen and oxygen atoms in total. The molecule has 0 fully saturated rings. The Balaban J connectivity index is 1.55. The van der Waals surface area contributed by atoms with E-state index in [1.54, 1.807) is 0 Å². The van der Waals surface area contributed by atoms with Gasteiger partial charge in [0.15, 0.2) is 21.0 Å². The topological polar surface area (TPSA) is 131 Å². The van der Waals surface area contributed by atoms with E-state index in [2.05, 4.69) is 32.5 Å². The summed E-state index contributed by atoms with van der Waals surface area (Å²) in [6, 6.07) is 9.89. The van der Waals surface area contributed by atoms with Gasteiger partial charge in [0.2, 0.25) is 0 Å². The second-order valence-electron chi connectivity index (χ2n) is 9.76. The number of imidazole rings is 1. The Kier molecular flexibility index (Phi) is 7.20. The van der Waals surface area contributed by atoms with E-state index in [1.807, 2.05) is 66.2 Å². The molecule has 2 unspecified atom stereocenters. The number of nitrogens with one attached hydrogen (secondary N) is 2. The number of rotatable bonds is 11. The molecule has 38 heavy (non-hydrogen) atoms. The number of aryl methyl sites for hydroxylation is 2. The number of aromatic nitrogens is 7. The second kappa shape index (κ2) is 10.6. The van der Waals surface area contributed by atoms with E-state index < -0.39 is 20.6 Å². The van der Waals surface area contributed by atoms with Gasteiger partial charge in [-0.15, -0.1) is 10.2 Å². The molecule has 3 heterocycles. The fourth-order valence-corrected chi connectivity index (χ4v) is 6.90. The maximum absolute atomic E-state index is 13.6. The molecule has 1 aliphatic rings. The first-order valence-electron chi connectivity index (χ1n) is 12.9. The third kappa shape index (κ3) is 4.90. The molecule has 2 N–H and O–H groups in total. The Labute approximate surface area is 222 Å². The number of aromatic amines is 2. The van der Waals surface area contributed by atoms with Gasteiger partial charge in [-0.1, -0.05) is 61.9 Å². The summed E-state index contributed by atoms with van der Waals surface area (Å²) >= 11 is 0. The van der Waals surface area contributed by atoms with Crippen LogP contribution in [0.1, 0.15) is 61.4 Å². The average molecular weight is 536 g/mol. The largest absolute Gasteiger partial charge is 0.489 e. The van der Waals surface area contributed by atoms with Crippen LogP contribution >= 0.6 is 0 Å². The Hall–Kier alpha value is -3.73. The van der Waals surface area contributed by atoms with Gasteiger partial charge in [-0.3, -0.25) is 0 Å². The number of tetrazole rings is 1. The van der Waals surface area contributed by atoms with Crippen molar-refractivity contribution in [1.29, 1.82) is 0 Å². The molecule has 1 aliphatic carbocycles. The smallest absolute Gasteiger partial charge is 0.187 e. The van der Waals surface area contributed by atoms with Crippen LogP contribution in [0.5, 0.6) is 0 Å².